The zero-order valence-corrected chi connectivity index (χ0v) is 18.3. The smallest absolute Gasteiger partial charge is 0.407 e. The molecule has 8 heteroatoms. The molecule has 0 atom stereocenters. The monoisotopic (exact) mass is 450 g/mol. The van der Waals surface area contributed by atoms with Crippen LogP contribution in [0.1, 0.15) is 24.0 Å². The van der Waals surface area contributed by atoms with E-state index in [2.05, 4.69) is 29.6 Å². The van der Waals surface area contributed by atoms with Crippen LogP contribution in [0, 0.1) is 0 Å². The number of hydrogen-bond acceptors (Lipinski definition) is 5. The van der Waals surface area contributed by atoms with Gasteiger partial charge in [0.1, 0.15) is 18.8 Å². The van der Waals surface area contributed by atoms with Gasteiger partial charge in [0.05, 0.1) is 13.1 Å². The summed E-state index contributed by atoms with van der Waals surface area (Å²) in [5, 5.41) is 11.3. The molecule has 8 nitrogen and oxygen atoms in total. The number of carboxylic acids is 1. The predicted octanol–water partition coefficient (Wildman–Crippen LogP) is 2.78. The van der Waals surface area contributed by atoms with Gasteiger partial charge < -0.3 is 24.8 Å². The Morgan fingerprint density at radius 1 is 1.09 bits per heavy atom. The van der Waals surface area contributed by atoms with Gasteiger partial charge in [0.15, 0.2) is 0 Å². The van der Waals surface area contributed by atoms with E-state index in [1.807, 2.05) is 24.3 Å². The van der Waals surface area contributed by atoms with Gasteiger partial charge in [0, 0.05) is 18.5 Å². The lowest BCUT2D eigenvalue weighted by Crippen LogP contribution is -2.63. The lowest BCUT2D eigenvalue weighted by atomic mass is 9.96. The Hall–Kier alpha value is -3.65. The molecule has 0 aromatic heterocycles. The van der Waals surface area contributed by atoms with Crippen molar-refractivity contribution >= 4 is 18.0 Å². The molecule has 1 saturated heterocycles. The molecule has 0 spiro atoms. The normalized spacial score (nSPS) is 16.1. The van der Waals surface area contributed by atoms with Crippen molar-refractivity contribution in [1.29, 1.82) is 0 Å². The quantitative estimate of drug-likeness (QED) is 0.600. The standard InChI is InChI=1S/C25H26N2O6/c1-25(33-14-23(29)30)15-27(16-25)22(28)11-6-12-26-24(31)32-13-21-19-9-4-2-7-17(19)18-8-3-5-10-20(18)21/h2-11,21H,12-16H2,1H3,(H,26,31)(H,29,30)/b11-6+. The predicted molar refractivity (Wildman–Crippen MR) is 121 cm³/mol. The summed E-state index contributed by atoms with van der Waals surface area (Å²) in [7, 11) is 0. The van der Waals surface area contributed by atoms with Crippen molar-refractivity contribution in [3.8, 4) is 11.1 Å². The van der Waals surface area contributed by atoms with Gasteiger partial charge >= 0.3 is 12.1 Å². The number of carbonyl (C=O) groups is 3. The summed E-state index contributed by atoms with van der Waals surface area (Å²) in [6, 6.07) is 16.2. The van der Waals surface area contributed by atoms with Crippen LogP contribution in [0.4, 0.5) is 4.79 Å². The Labute approximate surface area is 191 Å². The first-order chi connectivity index (χ1) is 15.9. The fourth-order valence-corrected chi connectivity index (χ4v) is 4.30. The number of nitrogens with one attached hydrogen (secondary N) is 1. The maximum absolute atomic E-state index is 12.2. The Morgan fingerprint density at radius 3 is 2.30 bits per heavy atom. The van der Waals surface area contributed by atoms with Crippen LogP contribution in [0.15, 0.2) is 60.7 Å². The summed E-state index contributed by atoms with van der Waals surface area (Å²) >= 11 is 0. The molecular formula is C25H26N2O6. The summed E-state index contributed by atoms with van der Waals surface area (Å²) in [4.78, 5) is 36.5. The number of carbonyl (C=O) groups excluding carboxylic acids is 2. The van der Waals surface area contributed by atoms with Gasteiger partial charge in [-0.3, -0.25) is 4.79 Å². The van der Waals surface area contributed by atoms with Crippen molar-refractivity contribution in [3.05, 3.63) is 71.8 Å². The van der Waals surface area contributed by atoms with E-state index >= 15 is 0 Å². The van der Waals surface area contributed by atoms with E-state index < -0.39 is 24.3 Å². The molecule has 1 fully saturated rings. The lowest BCUT2D eigenvalue weighted by molar-refractivity contribution is -0.170. The number of benzene rings is 2. The van der Waals surface area contributed by atoms with Crippen LogP contribution in [0.25, 0.3) is 11.1 Å². The van der Waals surface area contributed by atoms with Gasteiger partial charge in [-0.2, -0.15) is 0 Å². The molecule has 0 radical (unpaired) electrons. The maximum atomic E-state index is 12.2. The summed E-state index contributed by atoms with van der Waals surface area (Å²) in [5.41, 5.74) is 3.98. The zero-order chi connectivity index (χ0) is 23.4. The molecule has 2 aromatic rings. The number of carboxylic acid groups (broad SMARTS) is 1. The van der Waals surface area contributed by atoms with Gasteiger partial charge in [0.25, 0.3) is 0 Å². The number of fused-ring (bicyclic) bond motifs is 3. The second kappa shape index (κ2) is 9.46. The van der Waals surface area contributed by atoms with Crippen molar-refractivity contribution in [2.24, 2.45) is 0 Å². The topological polar surface area (TPSA) is 105 Å². The highest BCUT2D eigenvalue weighted by molar-refractivity contribution is 5.88. The van der Waals surface area contributed by atoms with E-state index in [0.29, 0.717) is 13.1 Å². The van der Waals surface area contributed by atoms with Crippen molar-refractivity contribution < 1.29 is 29.0 Å². The molecule has 2 aliphatic rings. The molecule has 0 saturated carbocycles. The first-order valence-corrected chi connectivity index (χ1v) is 10.8. The largest absolute Gasteiger partial charge is 0.480 e. The highest BCUT2D eigenvalue weighted by atomic mass is 16.5. The van der Waals surface area contributed by atoms with E-state index in [-0.39, 0.29) is 25.0 Å². The summed E-state index contributed by atoms with van der Waals surface area (Å²) < 4.78 is 10.7. The second-order valence-electron chi connectivity index (χ2n) is 8.44. The number of hydrogen-bond donors (Lipinski definition) is 2. The molecule has 33 heavy (non-hydrogen) atoms. The van der Waals surface area contributed by atoms with E-state index in [0.717, 1.165) is 11.1 Å². The molecule has 1 heterocycles. The highest BCUT2D eigenvalue weighted by Crippen LogP contribution is 2.44. The molecule has 4 rings (SSSR count). The summed E-state index contributed by atoms with van der Waals surface area (Å²) in [5.74, 6) is -1.27. The molecule has 1 aliphatic carbocycles. The third-order valence-electron chi connectivity index (χ3n) is 5.87. The third kappa shape index (κ3) is 5.06. The number of likely N-dealkylation sites (tertiary alicyclic amines) is 1. The summed E-state index contributed by atoms with van der Waals surface area (Å²) in [6.45, 7) is 2.40. The van der Waals surface area contributed by atoms with Crippen LogP contribution in [-0.4, -0.2) is 66.4 Å². The van der Waals surface area contributed by atoms with Crippen molar-refractivity contribution in [2.75, 3.05) is 32.8 Å². The zero-order valence-electron chi connectivity index (χ0n) is 18.3. The molecule has 0 unspecified atom stereocenters. The van der Waals surface area contributed by atoms with Gasteiger partial charge in [-0.05, 0) is 29.2 Å². The maximum Gasteiger partial charge on any atom is 0.407 e. The van der Waals surface area contributed by atoms with Crippen molar-refractivity contribution in [2.45, 2.75) is 18.4 Å². The number of alkyl carbamates (subject to hydrolysis) is 1. The van der Waals surface area contributed by atoms with E-state index in [4.69, 9.17) is 14.6 Å². The summed E-state index contributed by atoms with van der Waals surface area (Å²) in [6.07, 6.45) is 2.38. The highest BCUT2D eigenvalue weighted by Gasteiger charge is 2.42. The SMILES string of the molecule is CC1(OCC(=O)O)CN(C(=O)/C=C/CNC(=O)OCC2c3ccccc3-c3ccccc32)C1. The molecule has 2 aromatic carbocycles. The minimum absolute atomic E-state index is 0.00987. The minimum atomic E-state index is -1.04. The Morgan fingerprint density at radius 2 is 1.70 bits per heavy atom. The number of aliphatic carboxylic acids is 1. The molecule has 172 valence electrons. The number of ether oxygens (including phenoxy) is 2. The average Bonchev–Trinajstić information content (AvgIpc) is 3.11. The first kappa shape index (κ1) is 22.5. The Kier molecular flexibility index (Phi) is 6.46. The van der Waals surface area contributed by atoms with Crippen LogP contribution in [0.3, 0.4) is 0 Å². The van der Waals surface area contributed by atoms with Gasteiger partial charge in [-0.25, -0.2) is 9.59 Å². The third-order valence-corrected chi connectivity index (χ3v) is 5.87. The number of rotatable bonds is 8. The fraction of sp³-hybridized carbons (Fsp3) is 0.320. The second-order valence-corrected chi connectivity index (χ2v) is 8.44. The van der Waals surface area contributed by atoms with Crippen molar-refractivity contribution in [3.63, 3.8) is 0 Å². The number of nitrogens with zero attached hydrogens (tertiary/aromatic N) is 1. The Bertz CT molecular complexity index is 1040. The van der Waals surface area contributed by atoms with Gasteiger partial charge in [-0.15, -0.1) is 0 Å². The fourth-order valence-electron chi connectivity index (χ4n) is 4.30. The van der Waals surface area contributed by atoms with E-state index in [9.17, 15) is 14.4 Å². The number of amides is 2. The van der Waals surface area contributed by atoms with Crippen LogP contribution in [0.2, 0.25) is 0 Å². The average molecular weight is 450 g/mol. The van der Waals surface area contributed by atoms with Gasteiger partial charge in [0.2, 0.25) is 5.91 Å². The van der Waals surface area contributed by atoms with E-state index in [1.165, 1.54) is 17.2 Å². The van der Waals surface area contributed by atoms with Crippen LogP contribution >= 0.6 is 0 Å². The van der Waals surface area contributed by atoms with Crippen LogP contribution < -0.4 is 5.32 Å². The lowest BCUT2D eigenvalue weighted by Gasteiger charge is -2.46. The van der Waals surface area contributed by atoms with Gasteiger partial charge in [-0.1, -0.05) is 54.6 Å². The molecular weight excluding hydrogens is 424 g/mol. The van der Waals surface area contributed by atoms with Crippen LogP contribution in [0.5, 0.6) is 0 Å². The molecule has 1 aliphatic heterocycles. The van der Waals surface area contributed by atoms with Crippen LogP contribution in [-0.2, 0) is 19.1 Å². The molecule has 0 bridgehead atoms. The molecule has 2 N–H and O–H groups in total. The Balaban J connectivity index is 1.21. The van der Waals surface area contributed by atoms with E-state index in [1.54, 1.807) is 17.9 Å². The minimum Gasteiger partial charge on any atom is -0.480 e. The first-order valence-electron chi connectivity index (χ1n) is 10.8. The van der Waals surface area contributed by atoms with Crippen molar-refractivity contribution in [1.82, 2.24) is 10.2 Å². The molecule has 2 amide bonds.